The van der Waals surface area contributed by atoms with Gasteiger partial charge >= 0.3 is 6.18 Å². The molecule has 0 bridgehead atoms. The molecule has 138 valence electrons. The van der Waals surface area contributed by atoms with E-state index in [-0.39, 0.29) is 18.2 Å². The van der Waals surface area contributed by atoms with Crippen molar-refractivity contribution in [3.05, 3.63) is 59.8 Å². The Hall–Kier alpha value is -3.29. The molecule has 0 radical (unpaired) electrons. The zero-order chi connectivity index (χ0) is 19.2. The lowest BCUT2D eigenvalue weighted by atomic mass is 10.1. The number of amides is 1. The summed E-state index contributed by atoms with van der Waals surface area (Å²) < 4.78 is 46.3. The second-order valence-corrected chi connectivity index (χ2v) is 6.21. The van der Waals surface area contributed by atoms with Crippen LogP contribution in [0.1, 0.15) is 11.3 Å². The third kappa shape index (κ3) is 3.25. The molecule has 2 aromatic carbocycles. The first-order valence-corrected chi connectivity index (χ1v) is 8.12. The van der Waals surface area contributed by atoms with Crippen LogP contribution in [-0.2, 0) is 11.0 Å². The first kappa shape index (κ1) is 17.1. The molecule has 3 aromatic rings. The Labute approximate surface area is 152 Å². The van der Waals surface area contributed by atoms with E-state index in [2.05, 4.69) is 10.4 Å². The first-order valence-electron chi connectivity index (χ1n) is 8.12. The zero-order valence-corrected chi connectivity index (χ0v) is 14.2. The van der Waals surface area contributed by atoms with Crippen molar-refractivity contribution < 1.29 is 22.7 Å². The van der Waals surface area contributed by atoms with Gasteiger partial charge in [-0.1, -0.05) is 17.7 Å². The van der Waals surface area contributed by atoms with Gasteiger partial charge in [-0.05, 0) is 43.3 Å². The number of fused-ring (bicyclic) bond motifs is 1. The van der Waals surface area contributed by atoms with Gasteiger partial charge in [0.15, 0.2) is 12.3 Å². The molecule has 2 heterocycles. The first-order chi connectivity index (χ1) is 12.8. The molecule has 0 fully saturated rings. The van der Waals surface area contributed by atoms with Crippen LogP contribution in [-0.4, -0.2) is 22.3 Å². The van der Waals surface area contributed by atoms with Crippen molar-refractivity contribution in [2.24, 2.45) is 0 Å². The highest BCUT2D eigenvalue weighted by atomic mass is 19.4. The van der Waals surface area contributed by atoms with E-state index < -0.39 is 11.9 Å². The van der Waals surface area contributed by atoms with Gasteiger partial charge in [0.05, 0.1) is 17.1 Å². The molecule has 27 heavy (non-hydrogen) atoms. The summed E-state index contributed by atoms with van der Waals surface area (Å²) in [5, 5.41) is 6.42. The van der Waals surface area contributed by atoms with Gasteiger partial charge in [-0.3, -0.25) is 4.79 Å². The van der Waals surface area contributed by atoms with Crippen LogP contribution in [0.15, 0.2) is 48.5 Å². The molecule has 0 spiro atoms. The standard InChI is InChI=1S/C19H14F3N3O2/c1-11-2-5-13(6-3-11)25-15(9-17(24-25)19(20,21)22)12-4-7-16-14(8-12)23-18(26)10-27-16/h2-9H,10H2,1H3,(H,23,26). The highest BCUT2D eigenvalue weighted by Gasteiger charge is 2.35. The van der Waals surface area contributed by atoms with E-state index in [0.717, 1.165) is 11.6 Å². The van der Waals surface area contributed by atoms with Crippen molar-refractivity contribution in [1.29, 1.82) is 0 Å². The molecule has 8 heteroatoms. The SMILES string of the molecule is Cc1ccc(-n2nc(C(F)(F)F)cc2-c2ccc3c(c2)NC(=O)CO3)cc1. The van der Waals surface area contributed by atoms with Crippen LogP contribution in [0.3, 0.4) is 0 Å². The van der Waals surface area contributed by atoms with Crippen LogP contribution in [0.2, 0.25) is 0 Å². The number of rotatable bonds is 2. The van der Waals surface area contributed by atoms with Crippen molar-refractivity contribution in [1.82, 2.24) is 9.78 Å². The Balaban J connectivity index is 1.86. The molecule has 1 aromatic heterocycles. The minimum absolute atomic E-state index is 0.0914. The minimum Gasteiger partial charge on any atom is -0.482 e. The molecule has 0 atom stereocenters. The van der Waals surface area contributed by atoms with E-state index in [9.17, 15) is 18.0 Å². The van der Waals surface area contributed by atoms with Crippen molar-refractivity contribution in [3.8, 4) is 22.7 Å². The lowest BCUT2D eigenvalue weighted by Crippen LogP contribution is -2.25. The molecular weight excluding hydrogens is 359 g/mol. The Bertz CT molecular complexity index is 1020. The van der Waals surface area contributed by atoms with Crippen LogP contribution in [0.4, 0.5) is 18.9 Å². The minimum atomic E-state index is -4.57. The number of hydrogen-bond acceptors (Lipinski definition) is 3. The maximum Gasteiger partial charge on any atom is 0.435 e. The van der Waals surface area contributed by atoms with Crippen LogP contribution in [0, 0.1) is 6.92 Å². The van der Waals surface area contributed by atoms with Crippen LogP contribution in [0.5, 0.6) is 5.75 Å². The Morgan fingerprint density at radius 3 is 2.56 bits per heavy atom. The van der Waals surface area contributed by atoms with E-state index in [0.29, 0.717) is 22.7 Å². The lowest BCUT2D eigenvalue weighted by molar-refractivity contribution is -0.141. The molecule has 1 amide bonds. The number of nitrogens with zero attached hydrogens (tertiary/aromatic N) is 2. The number of nitrogens with one attached hydrogen (secondary N) is 1. The molecule has 1 N–H and O–H groups in total. The Morgan fingerprint density at radius 2 is 1.85 bits per heavy atom. The van der Waals surface area contributed by atoms with E-state index in [4.69, 9.17) is 4.74 Å². The Kier molecular flexibility index (Phi) is 3.91. The largest absolute Gasteiger partial charge is 0.482 e. The van der Waals surface area contributed by atoms with Crippen LogP contribution in [0.25, 0.3) is 16.9 Å². The number of benzene rings is 2. The fourth-order valence-electron chi connectivity index (χ4n) is 2.85. The molecular formula is C19H14F3N3O2. The second kappa shape index (κ2) is 6.15. The highest BCUT2D eigenvalue weighted by Crippen LogP contribution is 2.36. The second-order valence-electron chi connectivity index (χ2n) is 6.21. The van der Waals surface area contributed by atoms with E-state index >= 15 is 0 Å². The maximum absolute atomic E-state index is 13.2. The third-order valence-corrected chi connectivity index (χ3v) is 4.19. The van der Waals surface area contributed by atoms with Crippen molar-refractivity contribution in [2.45, 2.75) is 13.1 Å². The Morgan fingerprint density at radius 1 is 1.11 bits per heavy atom. The monoisotopic (exact) mass is 373 g/mol. The number of alkyl halides is 3. The summed E-state index contributed by atoms with van der Waals surface area (Å²) in [5.41, 5.74) is 1.64. The number of anilines is 1. The molecule has 1 aliphatic heterocycles. The quantitative estimate of drug-likeness (QED) is 0.733. The smallest absolute Gasteiger partial charge is 0.435 e. The van der Waals surface area contributed by atoms with Gasteiger partial charge < -0.3 is 10.1 Å². The van der Waals surface area contributed by atoms with Gasteiger partial charge in [-0.15, -0.1) is 0 Å². The fourth-order valence-corrected chi connectivity index (χ4v) is 2.85. The number of aryl methyl sites for hydroxylation is 1. The van der Waals surface area contributed by atoms with Crippen molar-refractivity contribution >= 4 is 11.6 Å². The normalized spacial score (nSPS) is 13.7. The zero-order valence-electron chi connectivity index (χ0n) is 14.2. The summed E-state index contributed by atoms with van der Waals surface area (Å²) >= 11 is 0. The van der Waals surface area contributed by atoms with Gasteiger partial charge in [0.1, 0.15) is 5.75 Å². The number of aromatic nitrogens is 2. The molecule has 0 saturated heterocycles. The number of halogens is 3. The van der Waals surface area contributed by atoms with E-state index in [1.807, 2.05) is 6.92 Å². The predicted octanol–water partition coefficient (Wildman–Crippen LogP) is 4.20. The highest BCUT2D eigenvalue weighted by molar-refractivity contribution is 5.96. The van der Waals surface area contributed by atoms with Crippen LogP contribution >= 0.6 is 0 Å². The molecule has 1 aliphatic rings. The number of carbonyl (C=O) groups is 1. The number of ether oxygens (including phenoxy) is 1. The summed E-state index contributed by atoms with van der Waals surface area (Å²) in [4.78, 5) is 11.5. The summed E-state index contributed by atoms with van der Waals surface area (Å²) in [7, 11) is 0. The topological polar surface area (TPSA) is 56.2 Å². The number of carbonyl (C=O) groups excluding carboxylic acids is 1. The van der Waals surface area contributed by atoms with Crippen molar-refractivity contribution in [3.63, 3.8) is 0 Å². The van der Waals surface area contributed by atoms with Gasteiger partial charge in [0.25, 0.3) is 5.91 Å². The van der Waals surface area contributed by atoms with Gasteiger partial charge in [0, 0.05) is 5.56 Å². The van der Waals surface area contributed by atoms with Crippen LogP contribution < -0.4 is 10.1 Å². The number of hydrogen-bond donors (Lipinski definition) is 1. The van der Waals surface area contributed by atoms with Crippen molar-refractivity contribution in [2.75, 3.05) is 11.9 Å². The third-order valence-electron chi connectivity index (χ3n) is 4.19. The average Bonchev–Trinajstić information content (AvgIpc) is 3.07. The summed E-state index contributed by atoms with van der Waals surface area (Å²) in [6.07, 6.45) is -4.57. The average molecular weight is 373 g/mol. The summed E-state index contributed by atoms with van der Waals surface area (Å²) in [5.74, 6) is 0.151. The molecule has 0 aliphatic carbocycles. The molecule has 5 nitrogen and oxygen atoms in total. The molecule has 0 unspecified atom stereocenters. The maximum atomic E-state index is 13.2. The lowest BCUT2D eigenvalue weighted by Gasteiger charge is -2.18. The summed E-state index contributed by atoms with van der Waals surface area (Å²) in [6, 6.07) is 12.8. The van der Waals surface area contributed by atoms with Gasteiger partial charge in [-0.25, -0.2) is 4.68 Å². The molecule has 4 rings (SSSR count). The van der Waals surface area contributed by atoms with Gasteiger partial charge in [0.2, 0.25) is 0 Å². The van der Waals surface area contributed by atoms with Gasteiger partial charge in [-0.2, -0.15) is 18.3 Å². The fraction of sp³-hybridized carbons (Fsp3) is 0.158. The van der Waals surface area contributed by atoms with E-state index in [1.54, 1.807) is 42.5 Å². The predicted molar refractivity (Wildman–Crippen MR) is 92.9 cm³/mol. The summed E-state index contributed by atoms with van der Waals surface area (Å²) in [6.45, 7) is 1.80. The van der Waals surface area contributed by atoms with E-state index in [1.165, 1.54) is 4.68 Å². The molecule has 0 saturated carbocycles.